The molecule has 0 fully saturated rings. The van der Waals surface area contributed by atoms with Gasteiger partial charge in [-0.25, -0.2) is 4.79 Å². The number of carbonyl (C=O) groups is 1. The van der Waals surface area contributed by atoms with E-state index < -0.39 is 0 Å². The Morgan fingerprint density at radius 2 is 2.00 bits per heavy atom. The zero-order chi connectivity index (χ0) is 12.7. The van der Waals surface area contributed by atoms with Crippen molar-refractivity contribution in [3.8, 4) is 0 Å². The van der Waals surface area contributed by atoms with Crippen molar-refractivity contribution in [1.29, 1.82) is 0 Å². The van der Waals surface area contributed by atoms with Crippen molar-refractivity contribution in [2.45, 2.75) is 21.9 Å². The number of hydrogen-bond acceptors (Lipinski definition) is 3. The van der Waals surface area contributed by atoms with Crippen LogP contribution < -0.4 is 6.15 Å². The average Bonchev–Trinajstić information content (AvgIpc) is 2.39. The molecule has 0 saturated heterocycles. The van der Waals surface area contributed by atoms with E-state index >= 15 is 0 Å². The van der Waals surface area contributed by atoms with Gasteiger partial charge < -0.3 is 10.9 Å². The molecule has 0 heterocycles. The van der Waals surface area contributed by atoms with Crippen molar-refractivity contribution < 1.29 is 9.53 Å². The van der Waals surface area contributed by atoms with Gasteiger partial charge in [-0.1, -0.05) is 49.4 Å². The van der Waals surface area contributed by atoms with Gasteiger partial charge in [-0.15, -0.1) is 16.0 Å². The highest BCUT2D eigenvalue weighted by Gasteiger charge is 2.25. The third-order valence-corrected chi connectivity index (χ3v) is 5.64. The second kappa shape index (κ2) is 10.3. The summed E-state index contributed by atoms with van der Waals surface area (Å²) in [4.78, 5) is 11.0. The summed E-state index contributed by atoms with van der Waals surface area (Å²) in [6, 6.07) is 10.5. The Labute approximate surface area is 131 Å². The van der Waals surface area contributed by atoms with Gasteiger partial charge >= 0.3 is 26.3 Å². The first kappa shape index (κ1) is 20.8. The minimum absolute atomic E-state index is 0. The fraction of sp³-hybridized carbons (Fsp3) is 0.357. The van der Waals surface area contributed by atoms with E-state index in [0.717, 1.165) is 6.42 Å². The molecule has 0 saturated carbocycles. The quantitative estimate of drug-likeness (QED) is 0.497. The van der Waals surface area contributed by atoms with Gasteiger partial charge in [0.1, 0.15) is 0 Å². The van der Waals surface area contributed by atoms with Gasteiger partial charge in [0.25, 0.3) is 0 Å². The second-order valence-electron chi connectivity index (χ2n) is 4.40. The highest BCUT2D eigenvalue weighted by molar-refractivity contribution is 6.38. The van der Waals surface area contributed by atoms with Crippen molar-refractivity contribution in [1.82, 2.24) is 6.15 Å². The topological polar surface area (TPSA) is 61.3 Å². The van der Waals surface area contributed by atoms with Gasteiger partial charge in [-0.05, 0) is 6.42 Å². The molecular weight excluding hydrogens is 274 g/mol. The molecule has 1 atom stereocenters. The van der Waals surface area contributed by atoms with Crippen LogP contribution in [0.4, 0.5) is 0 Å². The standard InChI is InChI=1S/C13H15O2.CH3.ClH.Mg.H3N/c1-3-13(14)15-10-9-11(2)12-7-5-4-6-8-12;;;;/h3-8H,1,9-10H2,2H3;1H3;1H;;1H3. The van der Waals surface area contributed by atoms with E-state index in [2.05, 4.69) is 42.8 Å². The summed E-state index contributed by atoms with van der Waals surface area (Å²) in [6.45, 7) is 6.12. The van der Waals surface area contributed by atoms with E-state index in [1.165, 1.54) is 11.6 Å². The maximum Gasteiger partial charge on any atom is 0.376 e. The first-order valence-electron chi connectivity index (χ1n) is 5.97. The van der Waals surface area contributed by atoms with Crippen LogP contribution in [0.1, 0.15) is 18.9 Å². The Kier molecular flexibility index (Phi) is 11.2. The van der Waals surface area contributed by atoms with Crippen LogP contribution in [0.5, 0.6) is 0 Å². The van der Waals surface area contributed by atoms with Crippen molar-refractivity contribution in [2.75, 3.05) is 6.61 Å². The number of ether oxygens (including phenoxy) is 1. The SMILES string of the molecule is C=CC(=O)OCC[C](C)([Mg][CH3])c1ccccc1.Cl.N. The van der Waals surface area contributed by atoms with E-state index in [-0.39, 0.29) is 48.4 Å². The van der Waals surface area contributed by atoms with Gasteiger partial charge in [-0.2, -0.15) is 5.05 Å². The van der Waals surface area contributed by atoms with Crippen LogP contribution in [-0.2, 0) is 13.1 Å². The van der Waals surface area contributed by atoms with Crippen LogP contribution in [-0.4, -0.2) is 32.9 Å². The average molecular weight is 296 g/mol. The zero-order valence-electron chi connectivity index (χ0n) is 11.7. The van der Waals surface area contributed by atoms with Crippen LogP contribution in [0, 0.1) is 0 Å². The molecule has 1 aromatic carbocycles. The van der Waals surface area contributed by atoms with Crippen LogP contribution in [0.25, 0.3) is 0 Å². The van der Waals surface area contributed by atoms with Crippen molar-refractivity contribution in [3.63, 3.8) is 0 Å². The second-order valence-corrected chi connectivity index (χ2v) is 6.67. The molecule has 5 heteroatoms. The lowest BCUT2D eigenvalue weighted by Crippen LogP contribution is -2.30. The highest BCUT2D eigenvalue weighted by atomic mass is 35.5. The third-order valence-electron chi connectivity index (χ3n) is 3.32. The molecule has 1 rings (SSSR count). The molecule has 3 nitrogen and oxygen atoms in total. The molecular formula is C14H22ClMgNO2. The van der Waals surface area contributed by atoms with Crippen molar-refractivity contribution in [3.05, 3.63) is 48.6 Å². The molecule has 0 aromatic heterocycles. The lowest BCUT2D eigenvalue weighted by molar-refractivity contribution is -0.138. The molecule has 1 unspecified atom stereocenters. The molecule has 0 aliphatic heterocycles. The number of halogens is 1. The number of benzene rings is 1. The number of rotatable bonds is 6. The lowest BCUT2D eigenvalue weighted by Gasteiger charge is -2.29. The molecule has 0 radical (unpaired) electrons. The van der Waals surface area contributed by atoms with E-state index in [0.29, 0.717) is 6.61 Å². The van der Waals surface area contributed by atoms with Gasteiger partial charge in [0.2, 0.25) is 0 Å². The van der Waals surface area contributed by atoms with Gasteiger partial charge in [-0.3, -0.25) is 0 Å². The Balaban J connectivity index is 0. The Bertz CT molecular complexity index is 386. The van der Waals surface area contributed by atoms with Crippen LogP contribution in [0.15, 0.2) is 43.0 Å². The molecule has 1 aromatic rings. The summed E-state index contributed by atoms with van der Waals surface area (Å²) in [5.41, 5.74) is 1.35. The summed E-state index contributed by atoms with van der Waals surface area (Å²) >= 11 is -0.235. The van der Waals surface area contributed by atoms with Gasteiger partial charge in [0.05, 0.1) is 6.61 Å². The molecule has 0 bridgehead atoms. The monoisotopic (exact) mass is 295 g/mol. The van der Waals surface area contributed by atoms with E-state index in [9.17, 15) is 4.79 Å². The molecule has 104 valence electrons. The number of hydrogen-bond donors (Lipinski definition) is 1. The summed E-state index contributed by atoms with van der Waals surface area (Å²) < 4.78 is 5.27. The minimum Gasteiger partial charge on any atom is -0.463 e. The fourth-order valence-electron chi connectivity index (χ4n) is 1.80. The maximum absolute atomic E-state index is 11.0. The summed E-state index contributed by atoms with van der Waals surface area (Å²) in [5, 5.41) is 2.29. The molecule has 0 aliphatic rings. The molecule has 0 amide bonds. The first-order valence-corrected chi connectivity index (χ1v) is 8.09. The van der Waals surface area contributed by atoms with Crippen LogP contribution in [0.2, 0.25) is 5.05 Å². The van der Waals surface area contributed by atoms with Crippen molar-refractivity contribution >= 4 is 38.7 Å². The number of carbonyl (C=O) groups excluding carboxylic acids is 1. The predicted octanol–water partition coefficient (Wildman–Crippen LogP) is 3.36. The van der Waals surface area contributed by atoms with Crippen molar-refractivity contribution in [2.24, 2.45) is 0 Å². The molecule has 3 N–H and O–H groups in total. The Morgan fingerprint density at radius 1 is 1.42 bits per heavy atom. The molecule has 0 aliphatic carbocycles. The predicted molar refractivity (Wildman–Crippen MR) is 83.5 cm³/mol. The first-order chi connectivity index (χ1) is 8.12. The maximum atomic E-state index is 11.0. The van der Waals surface area contributed by atoms with Gasteiger partial charge in [0.15, 0.2) is 0 Å². The Morgan fingerprint density at radius 3 is 2.47 bits per heavy atom. The van der Waals surface area contributed by atoms with Gasteiger partial charge in [0, 0.05) is 6.08 Å². The summed E-state index contributed by atoms with van der Waals surface area (Å²) in [5.74, 6) is -0.335. The van der Waals surface area contributed by atoms with Crippen LogP contribution in [0.3, 0.4) is 0 Å². The lowest BCUT2D eigenvalue weighted by atomic mass is 9.96. The normalized spacial score (nSPS) is 11.9. The highest BCUT2D eigenvalue weighted by Crippen LogP contribution is 2.26. The summed E-state index contributed by atoms with van der Waals surface area (Å²) in [6.07, 6.45) is 2.10. The minimum atomic E-state index is -0.335. The third kappa shape index (κ3) is 6.43. The van der Waals surface area contributed by atoms with E-state index in [4.69, 9.17) is 4.74 Å². The Hall–Kier alpha value is -0.554. The largest absolute Gasteiger partial charge is 0.463 e. The molecule has 19 heavy (non-hydrogen) atoms. The molecule has 0 spiro atoms. The smallest absolute Gasteiger partial charge is 0.376 e. The zero-order valence-corrected chi connectivity index (χ0v) is 14.0. The van der Waals surface area contributed by atoms with E-state index in [1.807, 2.05) is 6.07 Å². The van der Waals surface area contributed by atoms with E-state index in [1.54, 1.807) is 0 Å². The summed E-state index contributed by atoms with van der Waals surface area (Å²) in [7, 11) is 0. The fourth-order valence-corrected chi connectivity index (χ4v) is 2.94. The number of esters is 1. The van der Waals surface area contributed by atoms with Crippen LogP contribution >= 0.6 is 12.4 Å².